The molecule has 0 aliphatic rings. The number of aromatic nitrogens is 1. The Hall–Kier alpha value is -2.24. The third kappa shape index (κ3) is 3.16. The van der Waals surface area contributed by atoms with E-state index in [1.807, 2.05) is 41.8 Å². The van der Waals surface area contributed by atoms with Gasteiger partial charge in [-0.2, -0.15) is 0 Å². The Morgan fingerprint density at radius 3 is 2.68 bits per heavy atom. The van der Waals surface area contributed by atoms with Crippen LogP contribution in [0, 0.1) is 0 Å². The third-order valence-corrected chi connectivity index (χ3v) is 4.11. The van der Waals surface area contributed by atoms with Gasteiger partial charge < -0.3 is 15.8 Å². The van der Waals surface area contributed by atoms with Crippen LogP contribution in [-0.4, -0.2) is 12.1 Å². The zero-order valence-corrected chi connectivity index (χ0v) is 13.4. The Morgan fingerprint density at radius 2 is 1.95 bits per heavy atom. The standard InChI is InChI=1S/C16H14ClN3OS/c1-21-15-7-4-11(17)8-13(15)19-16-20-14(9-22-16)10-2-5-12(18)6-3-10/h2-9H,18H2,1H3,(H,19,20). The van der Waals surface area contributed by atoms with Crippen LogP contribution in [-0.2, 0) is 0 Å². The van der Waals surface area contributed by atoms with Gasteiger partial charge in [0, 0.05) is 21.7 Å². The van der Waals surface area contributed by atoms with Gasteiger partial charge in [0.05, 0.1) is 18.5 Å². The van der Waals surface area contributed by atoms with Gasteiger partial charge >= 0.3 is 0 Å². The van der Waals surface area contributed by atoms with Crippen LogP contribution in [0.15, 0.2) is 47.8 Å². The Bertz CT molecular complexity index is 786. The molecule has 3 rings (SSSR count). The SMILES string of the molecule is COc1ccc(Cl)cc1Nc1nc(-c2ccc(N)cc2)cs1. The van der Waals surface area contributed by atoms with E-state index in [2.05, 4.69) is 10.3 Å². The summed E-state index contributed by atoms with van der Waals surface area (Å²) in [6.07, 6.45) is 0. The average molecular weight is 332 g/mol. The zero-order chi connectivity index (χ0) is 15.5. The quantitative estimate of drug-likeness (QED) is 0.674. The topological polar surface area (TPSA) is 60.2 Å². The molecule has 3 aromatic rings. The molecule has 2 aromatic carbocycles. The number of anilines is 3. The number of hydrogen-bond donors (Lipinski definition) is 2. The molecular formula is C16H14ClN3OS. The van der Waals surface area contributed by atoms with Crippen LogP contribution in [0.1, 0.15) is 0 Å². The van der Waals surface area contributed by atoms with Gasteiger partial charge in [-0.05, 0) is 30.3 Å². The van der Waals surface area contributed by atoms with E-state index < -0.39 is 0 Å². The lowest BCUT2D eigenvalue weighted by molar-refractivity contribution is 0.417. The molecule has 0 amide bonds. The summed E-state index contributed by atoms with van der Waals surface area (Å²) in [7, 11) is 1.62. The Kier molecular flexibility index (Phi) is 4.18. The lowest BCUT2D eigenvalue weighted by Crippen LogP contribution is -1.94. The van der Waals surface area contributed by atoms with Gasteiger partial charge in [-0.25, -0.2) is 4.98 Å². The molecule has 0 saturated heterocycles. The van der Waals surface area contributed by atoms with Crippen LogP contribution in [0.5, 0.6) is 5.75 Å². The molecule has 3 N–H and O–H groups in total. The smallest absolute Gasteiger partial charge is 0.187 e. The van der Waals surface area contributed by atoms with Crippen molar-refractivity contribution in [1.82, 2.24) is 4.98 Å². The van der Waals surface area contributed by atoms with E-state index in [0.29, 0.717) is 10.8 Å². The number of thiazole rings is 1. The van der Waals surface area contributed by atoms with Crippen molar-refractivity contribution in [2.24, 2.45) is 0 Å². The fourth-order valence-corrected chi connectivity index (χ4v) is 2.91. The first-order chi connectivity index (χ1) is 10.7. The van der Waals surface area contributed by atoms with Gasteiger partial charge in [0.15, 0.2) is 5.13 Å². The molecule has 0 atom stereocenters. The number of benzene rings is 2. The zero-order valence-electron chi connectivity index (χ0n) is 11.8. The normalized spacial score (nSPS) is 10.5. The highest BCUT2D eigenvalue weighted by Gasteiger charge is 2.08. The van der Waals surface area contributed by atoms with Crippen LogP contribution in [0.4, 0.5) is 16.5 Å². The average Bonchev–Trinajstić information content (AvgIpc) is 2.97. The molecule has 0 radical (unpaired) electrons. The maximum Gasteiger partial charge on any atom is 0.187 e. The van der Waals surface area contributed by atoms with E-state index in [4.69, 9.17) is 22.1 Å². The number of ether oxygens (including phenoxy) is 1. The largest absolute Gasteiger partial charge is 0.495 e. The number of nitrogen functional groups attached to an aromatic ring is 1. The van der Waals surface area contributed by atoms with Gasteiger partial charge in [0.25, 0.3) is 0 Å². The number of halogens is 1. The number of nitrogens with zero attached hydrogens (tertiary/aromatic N) is 1. The molecule has 0 aliphatic heterocycles. The van der Waals surface area contributed by atoms with Crippen LogP contribution in [0.25, 0.3) is 11.3 Å². The molecule has 0 aliphatic carbocycles. The summed E-state index contributed by atoms with van der Waals surface area (Å²) in [4.78, 5) is 4.58. The Balaban J connectivity index is 1.85. The molecule has 112 valence electrons. The second kappa shape index (κ2) is 6.25. The van der Waals surface area contributed by atoms with Crippen LogP contribution >= 0.6 is 22.9 Å². The molecule has 0 unspecified atom stereocenters. The van der Waals surface area contributed by atoms with Gasteiger partial charge in [0.1, 0.15) is 5.75 Å². The molecule has 0 fully saturated rings. The van der Waals surface area contributed by atoms with Crippen molar-refractivity contribution in [3.8, 4) is 17.0 Å². The minimum absolute atomic E-state index is 0.638. The number of rotatable bonds is 4. The predicted molar refractivity (Wildman–Crippen MR) is 93.2 cm³/mol. The first kappa shape index (κ1) is 14.7. The summed E-state index contributed by atoms with van der Waals surface area (Å²) in [5.41, 5.74) is 9.15. The molecule has 4 nitrogen and oxygen atoms in total. The highest BCUT2D eigenvalue weighted by molar-refractivity contribution is 7.14. The maximum absolute atomic E-state index is 6.03. The molecular weight excluding hydrogens is 318 g/mol. The van der Waals surface area contributed by atoms with Crippen molar-refractivity contribution in [2.45, 2.75) is 0 Å². The number of hydrogen-bond acceptors (Lipinski definition) is 5. The second-order valence-corrected chi connectivity index (χ2v) is 5.92. The van der Waals surface area contributed by atoms with Gasteiger partial charge in [0.2, 0.25) is 0 Å². The van der Waals surface area contributed by atoms with Crippen molar-refractivity contribution >= 4 is 39.4 Å². The Morgan fingerprint density at radius 1 is 1.18 bits per heavy atom. The van der Waals surface area contributed by atoms with E-state index >= 15 is 0 Å². The molecule has 0 bridgehead atoms. The summed E-state index contributed by atoms with van der Waals surface area (Å²) < 4.78 is 5.32. The summed E-state index contributed by atoms with van der Waals surface area (Å²) >= 11 is 7.55. The molecule has 0 saturated carbocycles. The summed E-state index contributed by atoms with van der Waals surface area (Å²) in [6, 6.07) is 13.0. The predicted octanol–water partition coefficient (Wildman–Crippen LogP) is 4.80. The van der Waals surface area contributed by atoms with Crippen molar-refractivity contribution < 1.29 is 4.74 Å². The molecule has 22 heavy (non-hydrogen) atoms. The first-order valence-corrected chi connectivity index (χ1v) is 7.83. The summed E-state index contributed by atoms with van der Waals surface area (Å²) in [5.74, 6) is 0.716. The monoisotopic (exact) mass is 331 g/mol. The second-order valence-electron chi connectivity index (χ2n) is 4.63. The number of nitrogens with two attached hydrogens (primary N) is 1. The van der Waals surface area contributed by atoms with Crippen LogP contribution in [0.3, 0.4) is 0 Å². The highest BCUT2D eigenvalue weighted by Crippen LogP contribution is 2.33. The molecule has 6 heteroatoms. The molecule has 1 aromatic heterocycles. The van der Waals surface area contributed by atoms with E-state index in [1.165, 1.54) is 11.3 Å². The lowest BCUT2D eigenvalue weighted by atomic mass is 10.1. The van der Waals surface area contributed by atoms with E-state index in [1.54, 1.807) is 13.2 Å². The minimum atomic E-state index is 0.638. The van der Waals surface area contributed by atoms with Crippen LogP contribution in [0.2, 0.25) is 5.02 Å². The fraction of sp³-hybridized carbons (Fsp3) is 0.0625. The van der Waals surface area contributed by atoms with Gasteiger partial charge in [-0.3, -0.25) is 0 Å². The summed E-state index contributed by atoms with van der Waals surface area (Å²) in [5, 5.41) is 6.64. The van der Waals surface area contributed by atoms with E-state index in [-0.39, 0.29) is 0 Å². The Labute approximate surface area is 137 Å². The number of nitrogens with one attached hydrogen (secondary N) is 1. The highest BCUT2D eigenvalue weighted by atomic mass is 35.5. The van der Waals surface area contributed by atoms with Crippen molar-refractivity contribution in [3.05, 3.63) is 52.9 Å². The van der Waals surface area contributed by atoms with Crippen molar-refractivity contribution in [1.29, 1.82) is 0 Å². The number of methoxy groups -OCH3 is 1. The molecule has 1 heterocycles. The van der Waals surface area contributed by atoms with Crippen molar-refractivity contribution in [2.75, 3.05) is 18.2 Å². The van der Waals surface area contributed by atoms with Gasteiger partial charge in [-0.15, -0.1) is 11.3 Å². The summed E-state index contributed by atoms with van der Waals surface area (Å²) in [6.45, 7) is 0. The molecule has 0 spiro atoms. The van der Waals surface area contributed by atoms with Crippen LogP contribution < -0.4 is 15.8 Å². The minimum Gasteiger partial charge on any atom is -0.495 e. The lowest BCUT2D eigenvalue weighted by Gasteiger charge is -2.09. The third-order valence-electron chi connectivity index (χ3n) is 3.11. The van der Waals surface area contributed by atoms with Crippen molar-refractivity contribution in [3.63, 3.8) is 0 Å². The first-order valence-electron chi connectivity index (χ1n) is 6.58. The fourth-order valence-electron chi connectivity index (χ4n) is 2.01. The van der Waals surface area contributed by atoms with E-state index in [0.717, 1.165) is 27.8 Å². The van der Waals surface area contributed by atoms with Gasteiger partial charge in [-0.1, -0.05) is 23.7 Å². The van der Waals surface area contributed by atoms with E-state index in [9.17, 15) is 0 Å². The maximum atomic E-state index is 6.03.